The maximum atomic E-state index is 9.43. The van der Waals surface area contributed by atoms with Crippen molar-refractivity contribution < 1.29 is 5.11 Å². The molecule has 0 spiro atoms. The highest BCUT2D eigenvalue weighted by Crippen LogP contribution is 2.13. The van der Waals surface area contributed by atoms with Crippen molar-refractivity contribution in [3.63, 3.8) is 0 Å². The molecule has 0 atom stereocenters. The van der Waals surface area contributed by atoms with Gasteiger partial charge in [0.15, 0.2) is 0 Å². The molecule has 2 N–H and O–H groups in total. The number of nitrogens with one attached hydrogen (secondary N) is 1. The maximum absolute atomic E-state index is 9.43. The molecule has 1 rings (SSSR count). The Balaban J connectivity index is 2.52. The van der Waals surface area contributed by atoms with Gasteiger partial charge in [-0.2, -0.15) is 5.26 Å². The zero-order chi connectivity index (χ0) is 14.1. The van der Waals surface area contributed by atoms with Crippen LogP contribution in [0, 0.1) is 11.3 Å². The van der Waals surface area contributed by atoms with Gasteiger partial charge in [-0.1, -0.05) is 38.1 Å². The molecule has 0 saturated carbocycles. The molecule has 0 amide bonds. The number of nitriles is 1. The lowest BCUT2D eigenvalue weighted by molar-refractivity contribution is 0.155. The van der Waals surface area contributed by atoms with Crippen molar-refractivity contribution in [1.82, 2.24) is 5.32 Å². The Labute approximate surface area is 115 Å². The van der Waals surface area contributed by atoms with Gasteiger partial charge in [0.2, 0.25) is 0 Å². The molecule has 0 unspecified atom stereocenters. The molecule has 0 saturated heterocycles. The molecular weight excluding hydrogens is 236 g/mol. The number of nitrogens with zero attached hydrogens (tertiary/aromatic N) is 1. The summed E-state index contributed by atoms with van der Waals surface area (Å²) in [5.41, 5.74) is 1.57. The molecule has 3 heteroatoms. The van der Waals surface area contributed by atoms with Crippen LogP contribution in [0.15, 0.2) is 30.3 Å². The van der Waals surface area contributed by atoms with Crippen molar-refractivity contribution in [1.29, 1.82) is 5.26 Å². The molecule has 0 fully saturated rings. The second-order valence-corrected chi connectivity index (χ2v) is 4.66. The van der Waals surface area contributed by atoms with Crippen LogP contribution in [-0.2, 0) is 0 Å². The van der Waals surface area contributed by atoms with Gasteiger partial charge in [-0.3, -0.25) is 0 Å². The lowest BCUT2D eigenvalue weighted by Gasteiger charge is -2.30. The number of hydrogen-bond acceptors (Lipinski definition) is 3. The second-order valence-electron chi connectivity index (χ2n) is 4.66. The molecule has 102 valence electrons. The van der Waals surface area contributed by atoms with Gasteiger partial charge in [-0.15, -0.1) is 0 Å². The van der Waals surface area contributed by atoms with E-state index in [1.165, 1.54) is 0 Å². The summed E-state index contributed by atoms with van der Waals surface area (Å²) in [6, 6.07) is 9.57. The summed E-state index contributed by atoms with van der Waals surface area (Å²) in [4.78, 5) is 0. The van der Waals surface area contributed by atoms with Crippen LogP contribution in [0.3, 0.4) is 0 Å². The van der Waals surface area contributed by atoms with Gasteiger partial charge in [0, 0.05) is 12.1 Å². The molecule has 0 aromatic heterocycles. The third kappa shape index (κ3) is 4.51. The molecular formula is C16H22N2O. The first-order valence-corrected chi connectivity index (χ1v) is 6.72. The maximum Gasteiger partial charge on any atom is 0.0991 e. The predicted octanol–water partition coefficient (Wildman–Crippen LogP) is 2.71. The summed E-state index contributed by atoms with van der Waals surface area (Å²) in [6.07, 6.45) is 5.87. The summed E-state index contributed by atoms with van der Waals surface area (Å²) in [7, 11) is 0. The fourth-order valence-corrected chi connectivity index (χ4v) is 1.92. The van der Waals surface area contributed by atoms with Crippen molar-refractivity contribution in [2.75, 3.05) is 13.2 Å². The van der Waals surface area contributed by atoms with Gasteiger partial charge in [0.1, 0.15) is 0 Å². The quantitative estimate of drug-likeness (QED) is 0.790. The smallest absolute Gasteiger partial charge is 0.0991 e. The van der Waals surface area contributed by atoms with E-state index in [0.29, 0.717) is 5.56 Å². The average Bonchev–Trinajstić information content (AvgIpc) is 2.49. The number of benzene rings is 1. The largest absolute Gasteiger partial charge is 0.394 e. The van der Waals surface area contributed by atoms with E-state index < -0.39 is 0 Å². The highest BCUT2D eigenvalue weighted by atomic mass is 16.3. The minimum atomic E-state index is -0.172. The second kappa shape index (κ2) is 7.73. The van der Waals surface area contributed by atoms with E-state index in [-0.39, 0.29) is 12.1 Å². The van der Waals surface area contributed by atoms with Crippen LogP contribution in [-0.4, -0.2) is 23.8 Å². The Bertz CT molecular complexity index is 431. The van der Waals surface area contributed by atoms with Crippen molar-refractivity contribution >= 4 is 6.08 Å². The molecule has 0 aliphatic rings. The fourth-order valence-electron chi connectivity index (χ4n) is 1.92. The van der Waals surface area contributed by atoms with Crippen LogP contribution in [0.4, 0.5) is 0 Å². The molecule has 1 aromatic rings. The van der Waals surface area contributed by atoms with Gasteiger partial charge in [0.05, 0.1) is 18.2 Å². The Hall–Kier alpha value is -1.63. The monoisotopic (exact) mass is 258 g/mol. The Morgan fingerprint density at radius 2 is 1.89 bits per heavy atom. The zero-order valence-corrected chi connectivity index (χ0v) is 11.7. The van der Waals surface area contributed by atoms with Crippen LogP contribution in [0.5, 0.6) is 0 Å². The summed E-state index contributed by atoms with van der Waals surface area (Å²) in [5.74, 6) is 0. The van der Waals surface area contributed by atoms with Gasteiger partial charge >= 0.3 is 0 Å². The van der Waals surface area contributed by atoms with Gasteiger partial charge in [-0.25, -0.2) is 0 Å². The van der Waals surface area contributed by atoms with E-state index in [2.05, 4.69) is 25.2 Å². The minimum Gasteiger partial charge on any atom is -0.394 e. The molecule has 0 bridgehead atoms. The van der Waals surface area contributed by atoms with E-state index in [1.54, 1.807) is 0 Å². The fraction of sp³-hybridized carbons (Fsp3) is 0.438. The summed E-state index contributed by atoms with van der Waals surface area (Å²) in [5, 5.41) is 21.5. The first-order chi connectivity index (χ1) is 9.19. The highest BCUT2D eigenvalue weighted by molar-refractivity contribution is 5.51. The topological polar surface area (TPSA) is 56.0 Å². The van der Waals surface area contributed by atoms with Crippen LogP contribution in [0.1, 0.15) is 37.8 Å². The van der Waals surface area contributed by atoms with Crippen molar-refractivity contribution in [2.24, 2.45) is 0 Å². The molecule has 1 aromatic carbocycles. The first kappa shape index (κ1) is 15.4. The standard InChI is InChI=1S/C16H22N2O/c1-3-16(4-2,13-19)18-11-5-6-14-7-9-15(12-17)10-8-14/h5-10,18-19H,3-4,11,13H2,1-2H3/b6-5+. The van der Waals surface area contributed by atoms with Crippen LogP contribution < -0.4 is 5.32 Å². The van der Waals surface area contributed by atoms with E-state index >= 15 is 0 Å². The van der Waals surface area contributed by atoms with E-state index in [4.69, 9.17) is 5.26 Å². The van der Waals surface area contributed by atoms with Crippen LogP contribution in [0.2, 0.25) is 0 Å². The molecule has 0 radical (unpaired) electrons. The average molecular weight is 258 g/mol. The number of aliphatic hydroxyl groups excluding tert-OH is 1. The number of hydrogen-bond donors (Lipinski definition) is 2. The summed E-state index contributed by atoms with van der Waals surface area (Å²) < 4.78 is 0. The zero-order valence-electron chi connectivity index (χ0n) is 11.7. The number of aliphatic hydroxyl groups is 1. The molecule has 19 heavy (non-hydrogen) atoms. The normalized spacial score (nSPS) is 11.7. The third-order valence-corrected chi connectivity index (χ3v) is 3.60. The molecule has 3 nitrogen and oxygen atoms in total. The van der Waals surface area contributed by atoms with Crippen molar-refractivity contribution in [2.45, 2.75) is 32.2 Å². The lowest BCUT2D eigenvalue weighted by atomic mass is 9.94. The SMILES string of the molecule is CCC(CC)(CO)NC/C=C/c1ccc(C#N)cc1. The Kier molecular flexibility index (Phi) is 6.27. The Morgan fingerprint density at radius 3 is 2.37 bits per heavy atom. The molecule has 0 aliphatic carbocycles. The van der Waals surface area contributed by atoms with E-state index in [1.807, 2.05) is 36.4 Å². The van der Waals surface area contributed by atoms with E-state index in [9.17, 15) is 5.11 Å². The molecule has 0 aliphatic heterocycles. The lowest BCUT2D eigenvalue weighted by Crippen LogP contribution is -2.47. The highest BCUT2D eigenvalue weighted by Gasteiger charge is 2.23. The Morgan fingerprint density at radius 1 is 1.26 bits per heavy atom. The predicted molar refractivity (Wildman–Crippen MR) is 78.6 cm³/mol. The molecule has 0 heterocycles. The summed E-state index contributed by atoms with van der Waals surface area (Å²) >= 11 is 0. The van der Waals surface area contributed by atoms with E-state index in [0.717, 1.165) is 24.9 Å². The minimum absolute atomic E-state index is 0.157. The van der Waals surface area contributed by atoms with Crippen molar-refractivity contribution in [3.05, 3.63) is 41.5 Å². The van der Waals surface area contributed by atoms with Gasteiger partial charge < -0.3 is 10.4 Å². The van der Waals surface area contributed by atoms with Crippen LogP contribution in [0.25, 0.3) is 6.08 Å². The number of rotatable bonds is 7. The first-order valence-electron chi connectivity index (χ1n) is 6.72. The van der Waals surface area contributed by atoms with Crippen molar-refractivity contribution in [3.8, 4) is 6.07 Å². The van der Waals surface area contributed by atoms with Crippen LogP contribution >= 0.6 is 0 Å². The summed E-state index contributed by atoms with van der Waals surface area (Å²) in [6.45, 7) is 5.04. The third-order valence-electron chi connectivity index (χ3n) is 3.60. The van der Waals surface area contributed by atoms with Gasteiger partial charge in [-0.05, 0) is 30.5 Å². The van der Waals surface area contributed by atoms with Gasteiger partial charge in [0.25, 0.3) is 0 Å².